The van der Waals surface area contributed by atoms with Crippen molar-refractivity contribution in [1.29, 1.82) is 0 Å². The summed E-state index contributed by atoms with van der Waals surface area (Å²) >= 11 is 1.46. The van der Waals surface area contributed by atoms with Crippen molar-refractivity contribution >= 4 is 17.3 Å². The zero-order chi connectivity index (χ0) is 21.7. The van der Waals surface area contributed by atoms with Gasteiger partial charge < -0.3 is 14.6 Å². The smallest absolute Gasteiger partial charge is 0.348 e. The fraction of sp³-hybridized carbons (Fsp3) is 0.120. The molecule has 4 rings (SSSR count). The van der Waals surface area contributed by atoms with Crippen LogP contribution in [-0.2, 0) is 21.7 Å². The van der Waals surface area contributed by atoms with E-state index in [4.69, 9.17) is 9.47 Å². The highest BCUT2D eigenvalue weighted by Crippen LogP contribution is 2.32. The quantitative estimate of drug-likeness (QED) is 0.426. The van der Waals surface area contributed by atoms with Crippen molar-refractivity contribution in [1.82, 2.24) is 4.98 Å². The molecule has 0 aliphatic heterocycles. The van der Waals surface area contributed by atoms with E-state index in [0.29, 0.717) is 16.8 Å². The van der Waals surface area contributed by atoms with Crippen molar-refractivity contribution in [2.75, 3.05) is 7.11 Å². The number of thiazole rings is 1. The largest absolute Gasteiger partial charge is 0.497 e. The summed E-state index contributed by atoms with van der Waals surface area (Å²) in [5.74, 6) is 0.0273. The van der Waals surface area contributed by atoms with Crippen LogP contribution in [0.4, 0.5) is 0 Å². The minimum absolute atomic E-state index is 0.0343. The molecule has 0 amide bonds. The molecule has 4 aromatic rings. The van der Waals surface area contributed by atoms with Gasteiger partial charge in [0.05, 0.1) is 12.8 Å². The number of esters is 1. The molecule has 0 atom stereocenters. The number of ether oxygens (including phenoxy) is 2. The third kappa shape index (κ3) is 4.35. The summed E-state index contributed by atoms with van der Waals surface area (Å²) in [5.41, 5.74) is 0.560. The van der Waals surface area contributed by atoms with Crippen LogP contribution in [0.25, 0.3) is 10.6 Å². The Morgan fingerprint density at radius 1 is 0.935 bits per heavy atom. The van der Waals surface area contributed by atoms with Crippen LogP contribution >= 0.6 is 11.3 Å². The van der Waals surface area contributed by atoms with Crippen LogP contribution in [0.5, 0.6) is 5.75 Å². The molecule has 6 heteroatoms. The summed E-state index contributed by atoms with van der Waals surface area (Å²) in [4.78, 5) is 17.6. The van der Waals surface area contributed by atoms with Gasteiger partial charge in [-0.1, -0.05) is 60.7 Å². The van der Waals surface area contributed by atoms with Gasteiger partial charge >= 0.3 is 5.97 Å². The Balaban J connectivity index is 1.53. The molecular weight excluding hydrogens is 410 g/mol. The van der Waals surface area contributed by atoms with Gasteiger partial charge in [-0.25, -0.2) is 9.78 Å². The highest BCUT2D eigenvalue weighted by molar-refractivity contribution is 7.13. The van der Waals surface area contributed by atoms with E-state index in [9.17, 15) is 9.90 Å². The highest BCUT2D eigenvalue weighted by Gasteiger charge is 2.41. The Morgan fingerprint density at radius 3 is 2.06 bits per heavy atom. The topological polar surface area (TPSA) is 68.7 Å². The lowest BCUT2D eigenvalue weighted by Gasteiger charge is -2.26. The monoisotopic (exact) mass is 431 g/mol. The van der Waals surface area contributed by atoms with E-state index in [2.05, 4.69) is 4.98 Å². The molecule has 156 valence electrons. The molecule has 0 radical (unpaired) electrons. The molecule has 0 saturated heterocycles. The van der Waals surface area contributed by atoms with E-state index in [1.807, 2.05) is 41.8 Å². The van der Waals surface area contributed by atoms with E-state index in [0.717, 1.165) is 16.3 Å². The summed E-state index contributed by atoms with van der Waals surface area (Å²) < 4.78 is 10.7. The number of carbonyl (C=O) groups excluding carboxylic acids is 1. The van der Waals surface area contributed by atoms with Crippen molar-refractivity contribution in [2.24, 2.45) is 0 Å². The molecule has 0 unspecified atom stereocenters. The minimum Gasteiger partial charge on any atom is -0.497 e. The van der Waals surface area contributed by atoms with Gasteiger partial charge in [-0.05, 0) is 35.4 Å². The van der Waals surface area contributed by atoms with Crippen LogP contribution in [0.15, 0.2) is 90.3 Å². The molecule has 31 heavy (non-hydrogen) atoms. The SMILES string of the molecule is COc1ccc(-c2nc(COC(=O)C(O)(c3ccccc3)c3ccccc3)cs2)cc1. The first kappa shape index (κ1) is 20.8. The highest BCUT2D eigenvalue weighted by atomic mass is 32.1. The van der Waals surface area contributed by atoms with Gasteiger partial charge in [0, 0.05) is 10.9 Å². The molecule has 0 spiro atoms. The first-order valence-corrected chi connectivity index (χ1v) is 10.6. The minimum atomic E-state index is -1.91. The summed E-state index contributed by atoms with van der Waals surface area (Å²) in [5, 5.41) is 14.1. The molecule has 0 bridgehead atoms. The van der Waals surface area contributed by atoms with Crippen LogP contribution < -0.4 is 4.74 Å². The number of nitrogens with zero attached hydrogens (tertiary/aromatic N) is 1. The van der Waals surface area contributed by atoms with Crippen molar-refractivity contribution in [3.05, 3.63) is 107 Å². The first-order chi connectivity index (χ1) is 15.1. The van der Waals surface area contributed by atoms with Gasteiger partial charge in [-0.2, -0.15) is 0 Å². The maximum Gasteiger partial charge on any atom is 0.348 e. The predicted octanol–water partition coefficient (Wildman–Crippen LogP) is 4.80. The average molecular weight is 432 g/mol. The molecule has 1 N–H and O–H groups in total. The molecule has 0 aliphatic carbocycles. The summed E-state index contributed by atoms with van der Waals surface area (Å²) in [6, 6.07) is 25.2. The van der Waals surface area contributed by atoms with Gasteiger partial charge in [0.15, 0.2) is 0 Å². The molecule has 1 aromatic heterocycles. The van der Waals surface area contributed by atoms with E-state index < -0.39 is 11.6 Å². The van der Waals surface area contributed by atoms with Crippen LogP contribution in [0.3, 0.4) is 0 Å². The maximum absolute atomic E-state index is 13.1. The number of benzene rings is 3. The lowest BCUT2D eigenvalue weighted by Crippen LogP contribution is -2.38. The Labute approximate surface area is 184 Å². The van der Waals surface area contributed by atoms with E-state index >= 15 is 0 Å². The van der Waals surface area contributed by atoms with E-state index in [1.54, 1.807) is 55.6 Å². The van der Waals surface area contributed by atoms with E-state index in [1.165, 1.54) is 11.3 Å². The zero-order valence-electron chi connectivity index (χ0n) is 16.9. The predicted molar refractivity (Wildman–Crippen MR) is 120 cm³/mol. The number of hydrogen-bond donors (Lipinski definition) is 1. The van der Waals surface area contributed by atoms with Crippen molar-refractivity contribution in [2.45, 2.75) is 12.2 Å². The van der Waals surface area contributed by atoms with Crippen LogP contribution in [-0.4, -0.2) is 23.2 Å². The maximum atomic E-state index is 13.1. The van der Waals surface area contributed by atoms with Crippen molar-refractivity contribution in [3.8, 4) is 16.3 Å². The van der Waals surface area contributed by atoms with Gasteiger partial charge in [0.1, 0.15) is 17.4 Å². The molecule has 3 aromatic carbocycles. The molecule has 1 heterocycles. The van der Waals surface area contributed by atoms with Gasteiger partial charge in [-0.15, -0.1) is 11.3 Å². The fourth-order valence-corrected chi connectivity index (χ4v) is 4.06. The van der Waals surface area contributed by atoms with Crippen LogP contribution in [0, 0.1) is 0 Å². The van der Waals surface area contributed by atoms with Gasteiger partial charge in [-0.3, -0.25) is 0 Å². The Hall–Kier alpha value is -3.48. The number of hydrogen-bond acceptors (Lipinski definition) is 6. The van der Waals surface area contributed by atoms with Crippen LogP contribution in [0.2, 0.25) is 0 Å². The molecular formula is C25H21NO4S. The normalized spacial score (nSPS) is 11.2. The molecule has 5 nitrogen and oxygen atoms in total. The Kier molecular flexibility index (Phi) is 6.11. The third-order valence-corrected chi connectivity index (χ3v) is 5.86. The third-order valence-electron chi connectivity index (χ3n) is 4.92. The molecule has 0 saturated carbocycles. The fourth-order valence-electron chi connectivity index (χ4n) is 3.24. The van der Waals surface area contributed by atoms with Gasteiger partial charge in [0.2, 0.25) is 5.60 Å². The van der Waals surface area contributed by atoms with Crippen molar-refractivity contribution < 1.29 is 19.4 Å². The number of aromatic nitrogens is 1. The zero-order valence-corrected chi connectivity index (χ0v) is 17.7. The molecule has 0 aliphatic rings. The number of methoxy groups -OCH3 is 1. The lowest BCUT2D eigenvalue weighted by atomic mass is 9.86. The van der Waals surface area contributed by atoms with E-state index in [-0.39, 0.29) is 6.61 Å². The second-order valence-corrected chi connectivity index (χ2v) is 7.75. The number of aliphatic hydroxyl groups is 1. The lowest BCUT2D eigenvalue weighted by molar-refractivity contribution is -0.163. The summed E-state index contributed by atoms with van der Waals surface area (Å²) in [6.07, 6.45) is 0. The second kappa shape index (κ2) is 9.12. The number of rotatable bonds is 7. The summed E-state index contributed by atoms with van der Waals surface area (Å²) in [6.45, 7) is -0.0343. The Morgan fingerprint density at radius 2 is 1.52 bits per heavy atom. The summed E-state index contributed by atoms with van der Waals surface area (Å²) in [7, 11) is 1.62. The standard InChI is InChI=1S/C25H21NO4S/c1-29-22-14-12-18(13-15-22)23-26-21(17-31-23)16-30-24(27)25(28,19-8-4-2-5-9-19)20-10-6-3-7-11-20/h2-15,17,28H,16H2,1H3. The second-order valence-electron chi connectivity index (χ2n) is 6.89. The van der Waals surface area contributed by atoms with Crippen molar-refractivity contribution in [3.63, 3.8) is 0 Å². The molecule has 0 fully saturated rings. The Bertz CT molecular complexity index is 1100. The van der Waals surface area contributed by atoms with Crippen LogP contribution in [0.1, 0.15) is 16.8 Å². The first-order valence-electron chi connectivity index (χ1n) is 9.70. The van der Waals surface area contributed by atoms with Gasteiger partial charge in [0.25, 0.3) is 0 Å². The average Bonchev–Trinajstić information content (AvgIpc) is 3.32. The number of carbonyl (C=O) groups is 1.